The van der Waals surface area contributed by atoms with Crippen LogP contribution in [0.25, 0.3) is 22.3 Å². The van der Waals surface area contributed by atoms with E-state index in [0.717, 1.165) is 24.4 Å². The van der Waals surface area contributed by atoms with E-state index in [-0.39, 0.29) is 35.4 Å². The maximum atomic E-state index is 13.8. The van der Waals surface area contributed by atoms with Gasteiger partial charge < -0.3 is 14.7 Å². The molecule has 0 fully saturated rings. The number of hydrogen-bond donors (Lipinski definition) is 1. The summed E-state index contributed by atoms with van der Waals surface area (Å²) in [6.45, 7) is 1.73. The van der Waals surface area contributed by atoms with Crippen LogP contribution in [0, 0.1) is 6.92 Å². The number of hydrogen-bond acceptors (Lipinski definition) is 6. The molecule has 0 aliphatic carbocycles. The van der Waals surface area contributed by atoms with Crippen LogP contribution in [-0.2, 0) is 23.6 Å². The highest BCUT2D eigenvalue weighted by atomic mass is 19.4. The number of ether oxygens (including phenoxy) is 1. The molecule has 0 saturated carbocycles. The number of aromatic nitrogens is 2. The van der Waals surface area contributed by atoms with Crippen LogP contribution in [0.1, 0.15) is 50.8 Å². The van der Waals surface area contributed by atoms with Crippen LogP contribution in [-0.4, -0.2) is 33.9 Å². The Balaban J connectivity index is 1.52. The molecule has 13 heteroatoms. The molecule has 1 atom stereocenters. The highest BCUT2D eigenvalue weighted by Gasteiger charge is 2.35. The number of methoxy groups -OCH3 is 1. The molecule has 0 bridgehead atoms. The smallest absolute Gasteiger partial charge is 0.433 e. The second-order valence-electron chi connectivity index (χ2n) is 10.1. The van der Waals surface area contributed by atoms with Crippen molar-refractivity contribution in [3.63, 3.8) is 0 Å². The molecular weight excluding hydrogens is 592 g/mol. The van der Waals surface area contributed by atoms with Crippen LogP contribution >= 0.6 is 0 Å². The molecule has 0 spiro atoms. The van der Waals surface area contributed by atoms with Crippen molar-refractivity contribution in [1.29, 1.82) is 0 Å². The molecule has 5 rings (SSSR count). The molecule has 228 valence electrons. The zero-order valence-electron chi connectivity index (χ0n) is 23.1. The molecule has 1 aliphatic rings. The van der Waals surface area contributed by atoms with Crippen LogP contribution in [0.15, 0.2) is 72.1 Å². The maximum absolute atomic E-state index is 13.8. The highest BCUT2D eigenvalue weighted by Crippen LogP contribution is 2.40. The van der Waals surface area contributed by atoms with Gasteiger partial charge in [0, 0.05) is 36.4 Å². The first kappa shape index (κ1) is 30.5. The Morgan fingerprint density at radius 2 is 1.70 bits per heavy atom. The van der Waals surface area contributed by atoms with Crippen LogP contribution in [0.2, 0.25) is 0 Å². The molecule has 1 aliphatic heterocycles. The molecule has 0 amide bonds. The maximum Gasteiger partial charge on any atom is 0.433 e. The van der Waals surface area contributed by atoms with Gasteiger partial charge >= 0.3 is 18.3 Å². The summed E-state index contributed by atoms with van der Waals surface area (Å²) in [6, 6.07) is 11.7. The number of oxime groups is 1. The predicted octanol–water partition coefficient (Wildman–Crippen LogP) is 7.92. The third-order valence-corrected chi connectivity index (χ3v) is 7.12. The number of rotatable bonds is 7. The summed E-state index contributed by atoms with van der Waals surface area (Å²) in [7, 11) is 1.37. The second-order valence-corrected chi connectivity index (χ2v) is 10.1. The molecule has 0 saturated heterocycles. The molecule has 1 N–H and O–H groups in total. The van der Waals surface area contributed by atoms with Gasteiger partial charge in [0.2, 0.25) is 5.88 Å². The fraction of sp³-hybridized carbons (Fsp3) is 0.226. The lowest BCUT2D eigenvalue weighted by atomic mass is 9.91. The lowest BCUT2D eigenvalue weighted by Crippen LogP contribution is -2.11. The molecule has 7 nitrogen and oxygen atoms in total. The average molecular weight is 616 g/mol. The van der Waals surface area contributed by atoms with E-state index in [2.05, 4.69) is 15.1 Å². The Kier molecular flexibility index (Phi) is 8.06. The largest absolute Gasteiger partial charge is 0.481 e. The average Bonchev–Trinajstić information content (AvgIpc) is 3.44. The summed E-state index contributed by atoms with van der Waals surface area (Å²) < 4.78 is 86.2. The molecule has 2 aromatic carbocycles. The van der Waals surface area contributed by atoms with Gasteiger partial charge in [-0.2, -0.15) is 26.3 Å². The number of carboxylic acid groups (broad SMARTS) is 1. The first-order valence-electron chi connectivity index (χ1n) is 13.1. The van der Waals surface area contributed by atoms with E-state index in [4.69, 9.17) is 9.57 Å². The Hall–Kier alpha value is -4.94. The molecule has 2 aromatic heterocycles. The first-order chi connectivity index (χ1) is 20.7. The monoisotopic (exact) mass is 615 g/mol. The summed E-state index contributed by atoms with van der Waals surface area (Å²) in [5, 5.41) is 13.3. The minimum atomic E-state index is -4.66. The standard InChI is InChI=1S/C31H23F6N3O4/c1-16-9-18(29(41)42)3-5-23(16)20-12-25(28(43-2)39-15-20)24-6-4-21(30(32,33)34)10-19(24)11-22-14-26(44-40-22)17-7-8-38-27(13-17)31(35,36)37/h3-10,12-13,15,26H,11,14H2,1-2H3,(H,41,42). The number of aromatic carboxylic acids is 1. The van der Waals surface area contributed by atoms with Gasteiger partial charge in [-0.1, -0.05) is 17.3 Å². The SMILES string of the molecule is COc1ncc(-c2ccc(C(=O)O)cc2C)cc1-c1ccc(C(F)(F)F)cc1CC1=NOC(c2ccnc(C(F)(F)F)c2)C1. The van der Waals surface area contributed by atoms with Gasteiger partial charge in [0.1, 0.15) is 5.69 Å². The van der Waals surface area contributed by atoms with E-state index in [9.17, 15) is 36.2 Å². The number of benzene rings is 2. The van der Waals surface area contributed by atoms with Gasteiger partial charge in [0.15, 0.2) is 6.10 Å². The summed E-state index contributed by atoms with van der Waals surface area (Å²) in [4.78, 5) is 24.5. The Bertz CT molecular complexity index is 1770. The van der Waals surface area contributed by atoms with Gasteiger partial charge in [0.05, 0.1) is 23.9 Å². The molecule has 1 unspecified atom stereocenters. The number of carboxylic acids is 1. The van der Waals surface area contributed by atoms with Gasteiger partial charge in [-0.05, 0) is 77.2 Å². The fourth-order valence-electron chi connectivity index (χ4n) is 4.99. The lowest BCUT2D eigenvalue weighted by molar-refractivity contribution is -0.141. The number of nitrogens with zero attached hydrogens (tertiary/aromatic N) is 3. The third kappa shape index (κ3) is 6.36. The first-order valence-corrected chi connectivity index (χ1v) is 13.1. The topological polar surface area (TPSA) is 93.9 Å². The van der Waals surface area contributed by atoms with Gasteiger partial charge in [-0.3, -0.25) is 4.98 Å². The number of alkyl halides is 6. The van der Waals surface area contributed by atoms with E-state index in [1.54, 1.807) is 19.1 Å². The number of pyridine rings is 2. The van der Waals surface area contributed by atoms with Crippen molar-refractivity contribution >= 4 is 11.7 Å². The summed E-state index contributed by atoms with van der Waals surface area (Å²) >= 11 is 0. The van der Waals surface area contributed by atoms with Crippen LogP contribution < -0.4 is 4.74 Å². The minimum absolute atomic E-state index is 0.0432. The summed E-state index contributed by atoms with van der Waals surface area (Å²) in [6.07, 6.45) is -7.73. The van der Waals surface area contributed by atoms with Crippen molar-refractivity contribution < 1.29 is 45.8 Å². The van der Waals surface area contributed by atoms with E-state index < -0.39 is 35.7 Å². The van der Waals surface area contributed by atoms with Crippen molar-refractivity contribution in [1.82, 2.24) is 9.97 Å². The Labute approximate surface area is 246 Å². The van der Waals surface area contributed by atoms with Crippen LogP contribution in [0.3, 0.4) is 0 Å². The van der Waals surface area contributed by atoms with Crippen molar-refractivity contribution in [2.24, 2.45) is 5.16 Å². The normalized spacial score (nSPS) is 15.1. The van der Waals surface area contributed by atoms with Gasteiger partial charge in [-0.15, -0.1) is 0 Å². The molecule has 44 heavy (non-hydrogen) atoms. The molecule has 0 radical (unpaired) electrons. The van der Waals surface area contributed by atoms with Crippen molar-refractivity contribution in [2.45, 2.75) is 38.2 Å². The predicted molar refractivity (Wildman–Crippen MR) is 147 cm³/mol. The molecular formula is C31H23F6N3O4. The van der Waals surface area contributed by atoms with E-state index >= 15 is 0 Å². The third-order valence-electron chi connectivity index (χ3n) is 7.12. The van der Waals surface area contributed by atoms with Crippen LogP contribution in [0.4, 0.5) is 26.3 Å². The number of halogens is 6. The quantitative estimate of drug-likeness (QED) is 0.212. The van der Waals surface area contributed by atoms with Gasteiger partial charge in [-0.25, -0.2) is 9.78 Å². The van der Waals surface area contributed by atoms with E-state index in [1.807, 2.05) is 0 Å². The van der Waals surface area contributed by atoms with E-state index in [1.165, 1.54) is 37.6 Å². The second kappa shape index (κ2) is 11.6. The summed E-state index contributed by atoms with van der Waals surface area (Å²) in [5.41, 5.74) is 1.41. The minimum Gasteiger partial charge on any atom is -0.481 e. The van der Waals surface area contributed by atoms with Crippen molar-refractivity contribution in [3.8, 4) is 28.1 Å². The zero-order chi connectivity index (χ0) is 31.8. The fourth-order valence-corrected chi connectivity index (χ4v) is 4.99. The van der Waals surface area contributed by atoms with Crippen molar-refractivity contribution in [3.05, 3.63) is 101 Å². The van der Waals surface area contributed by atoms with Gasteiger partial charge in [0.25, 0.3) is 0 Å². The molecule has 3 heterocycles. The number of carbonyl (C=O) groups is 1. The lowest BCUT2D eigenvalue weighted by Gasteiger charge is -2.17. The van der Waals surface area contributed by atoms with Crippen LogP contribution in [0.5, 0.6) is 5.88 Å². The van der Waals surface area contributed by atoms with Crippen molar-refractivity contribution in [2.75, 3.05) is 7.11 Å². The van der Waals surface area contributed by atoms with E-state index in [0.29, 0.717) is 33.5 Å². The molecule has 4 aromatic rings. The Morgan fingerprint density at radius 3 is 2.36 bits per heavy atom. The Morgan fingerprint density at radius 1 is 0.955 bits per heavy atom. The summed E-state index contributed by atoms with van der Waals surface area (Å²) in [5.74, 6) is -0.957. The number of aryl methyl sites for hydroxylation is 1. The highest BCUT2D eigenvalue weighted by molar-refractivity contribution is 5.91. The zero-order valence-corrected chi connectivity index (χ0v) is 23.1.